The van der Waals surface area contributed by atoms with E-state index in [0.717, 1.165) is 5.92 Å². The monoisotopic (exact) mass is 266 g/mol. The molecule has 1 heterocycles. The first-order chi connectivity index (χ1) is 8.60. The van der Waals surface area contributed by atoms with Crippen LogP contribution in [0.15, 0.2) is 0 Å². The molecule has 1 aromatic rings. The summed E-state index contributed by atoms with van der Waals surface area (Å²) >= 11 is 1.99. The Hall–Kier alpha value is -0.300. The van der Waals surface area contributed by atoms with Gasteiger partial charge in [-0.3, -0.25) is 0 Å². The van der Waals surface area contributed by atoms with Crippen molar-refractivity contribution in [3.63, 3.8) is 0 Å². The average molecular weight is 266 g/mol. The summed E-state index contributed by atoms with van der Waals surface area (Å²) in [5.74, 6) is 0.847. The zero-order chi connectivity index (χ0) is 13.5. The molecule has 1 unspecified atom stereocenters. The van der Waals surface area contributed by atoms with E-state index >= 15 is 0 Å². The molecule has 18 heavy (non-hydrogen) atoms. The summed E-state index contributed by atoms with van der Waals surface area (Å²) in [7, 11) is 0. The Morgan fingerprint density at radius 1 is 0.944 bits per heavy atom. The minimum absolute atomic E-state index is 0.847. The maximum atomic E-state index is 2.43. The largest absolute Gasteiger partial charge is 0.145 e. The highest BCUT2D eigenvalue weighted by molar-refractivity contribution is 7.12. The molecule has 1 rings (SSSR count). The van der Waals surface area contributed by atoms with Crippen molar-refractivity contribution in [3.8, 4) is 0 Å². The van der Waals surface area contributed by atoms with Gasteiger partial charge in [0.05, 0.1) is 0 Å². The van der Waals surface area contributed by atoms with Gasteiger partial charge in [-0.25, -0.2) is 0 Å². The van der Waals surface area contributed by atoms with Crippen LogP contribution in [0.2, 0.25) is 0 Å². The van der Waals surface area contributed by atoms with Crippen LogP contribution in [0.1, 0.15) is 73.8 Å². The molecule has 0 nitrogen and oxygen atoms in total. The Bertz CT molecular complexity index is 349. The average Bonchev–Trinajstić information content (AvgIpc) is 2.59. The quantitative estimate of drug-likeness (QED) is 0.500. The third-order valence-electron chi connectivity index (χ3n) is 3.98. The standard InChI is InChI=1S/C17H30S/c1-6-8-9-10-11-13(3)12-17-15(5)18-14(4)16(17)7-2/h13H,6-12H2,1-5H3. The summed E-state index contributed by atoms with van der Waals surface area (Å²) in [6.07, 6.45) is 9.49. The van der Waals surface area contributed by atoms with Crippen molar-refractivity contribution in [2.75, 3.05) is 0 Å². The van der Waals surface area contributed by atoms with Crippen molar-refractivity contribution in [1.29, 1.82) is 0 Å². The van der Waals surface area contributed by atoms with E-state index in [9.17, 15) is 0 Å². The van der Waals surface area contributed by atoms with E-state index in [1.54, 1.807) is 20.9 Å². The number of thiophene rings is 1. The summed E-state index contributed by atoms with van der Waals surface area (Å²) in [4.78, 5) is 3.10. The first kappa shape index (κ1) is 15.8. The van der Waals surface area contributed by atoms with Crippen LogP contribution in [0.25, 0.3) is 0 Å². The van der Waals surface area contributed by atoms with E-state index in [2.05, 4.69) is 34.6 Å². The minimum atomic E-state index is 0.847. The molecule has 104 valence electrons. The van der Waals surface area contributed by atoms with Gasteiger partial charge in [-0.15, -0.1) is 11.3 Å². The zero-order valence-corrected chi connectivity index (χ0v) is 13.8. The fraction of sp³-hybridized carbons (Fsp3) is 0.765. The zero-order valence-electron chi connectivity index (χ0n) is 12.9. The molecular formula is C17H30S. The van der Waals surface area contributed by atoms with Gasteiger partial charge in [0.25, 0.3) is 0 Å². The number of hydrogen-bond donors (Lipinski definition) is 0. The molecule has 1 atom stereocenters. The minimum Gasteiger partial charge on any atom is -0.145 e. The van der Waals surface area contributed by atoms with Crippen molar-refractivity contribution in [2.24, 2.45) is 5.92 Å². The van der Waals surface area contributed by atoms with E-state index in [1.165, 1.54) is 44.9 Å². The first-order valence-corrected chi connectivity index (χ1v) is 8.49. The smallest absolute Gasteiger partial charge is 0.00519 e. The Balaban J connectivity index is 2.51. The summed E-state index contributed by atoms with van der Waals surface area (Å²) in [6, 6.07) is 0. The lowest BCUT2D eigenvalue weighted by Gasteiger charge is -2.13. The van der Waals surface area contributed by atoms with Crippen molar-refractivity contribution >= 4 is 11.3 Å². The predicted molar refractivity (Wildman–Crippen MR) is 84.8 cm³/mol. The van der Waals surface area contributed by atoms with Gasteiger partial charge in [-0.1, -0.05) is 52.9 Å². The molecule has 0 radical (unpaired) electrons. The summed E-state index contributed by atoms with van der Waals surface area (Å²) in [5.41, 5.74) is 3.31. The number of aryl methyl sites for hydroxylation is 2. The van der Waals surface area contributed by atoms with Gasteiger partial charge in [-0.2, -0.15) is 0 Å². The lowest BCUT2D eigenvalue weighted by molar-refractivity contribution is 0.486. The maximum absolute atomic E-state index is 2.43. The highest BCUT2D eigenvalue weighted by atomic mass is 32.1. The molecule has 0 N–H and O–H groups in total. The fourth-order valence-corrected chi connectivity index (χ4v) is 4.06. The molecule has 0 spiro atoms. The molecule has 0 saturated heterocycles. The molecule has 0 aliphatic carbocycles. The molecule has 0 aliphatic rings. The van der Waals surface area contributed by atoms with Gasteiger partial charge < -0.3 is 0 Å². The highest BCUT2D eigenvalue weighted by Crippen LogP contribution is 2.30. The molecule has 0 aromatic carbocycles. The van der Waals surface area contributed by atoms with Crippen molar-refractivity contribution in [3.05, 3.63) is 20.9 Å². The van der Waals surface area contributed by atoms with Gasteiger partial charge in [-0.05, 0) is 43.7 Å². The van der Waals surface area contributed by atoms with Gasteiger partial charge in [0, 0.05) is 9.75 Å². The topological polar surface area (TPSA) is 0 Å². The van der Waals surface area contributed by atoms with Crippen molar-refractivity contribution < 1.29 is 0 Å². The Morgan fingerprint density at radius 2 is 1.61 bits per heavy atom. The van der Waals surface area contributed by atoms with Gasteiger partial charge in [0.2, 0.25) is 0 Å². The predicted octanol–water partition coefficient (Wildman–Crippen LogP) is 6.08. The lowest BCUT2D eigenvalue weighted by Crippen LogP contribution is -2.02. The molecule has 1 aromatic heterocycles. The van der Waals surface area contributed by atoms with E-state index in [0.29, 0.717) is 0 Å². The SMILES string of the molecule is CCCCCCC(C)Cc1c(C)sc(C)c1CC. The van der Waals surface area contributed by atoms with Crippen LogP contribution in [-0.2, 0) is 12.8 Å². The van der Waals surface area contributed by atoms with Gasteiger partial charge in [0.1, 0.15) is 0 Å². The second-order valence-corrected chi connectivity index (χ2v) is 7.11. The van der Waals surface area contributed by atoms with Crippen LogP contribution in [0.5, 0.6) is 0 Å². The van der Waals surface area contributed by atoms with E-state index in [-0.39, 0.29) is 0 Å². The summed E-state index contributed by atoms with van der Waals surface area (Å²) in [5, 5.41) is 0. The summed E-state index contributed by atoms with van der Waals surface area (Å²) in [6.45, 7) is 11.6. The van der Waals surface area contributed by atoms with Crippen LogP contribution in [0.3, 0.4) is 0 Å². The first-order valence-electron chi connectivity index (χ1n) is 7.67. The molecule has 0 bridgehead atoms. The maximum Gasteiger partial charge on any atom is 0.00519 e. The lowest BCUT2D eigenvalue weighted by atomic mass is 9.92. The highest BCUT2D eigenvalue weighted by Gasteiger charge is 2.14. The number of hydrogen-bond acceptors (Lipinski definition) is 1. The molecular weight excluding hydrogens is 236 g/mol. The Morgan fingerprint density at radius 3 is 2.22 bits per heavy atom. The van der Waals surface area contributed by atoms with Crippen LogP contribution < -0.4 is 0 Å². The Labute approximate surface area is 118 Å². The van der Waals surface area contributed by atoms with Crippen LogP contribution in [0, 0.1) is 19.8 Å². The number of unbranched alkanes of at least 4 members (excludes halogenated alkanes) is 3. The van der Waals surface area contributed by atoms with E-state index < -0.39 is 0 Å². The molecule has 0 saturated carbocycles. The number of rotatable bonds is 8. The van der Waals surface area contributed by atoms with Gasteiger partial charge in [0.15, 0.2) is 0 Å². The normalized spacial score (nSPS) is 12.9. The molecule has 0 amide bonds. The van der Waals surface area contributed by atoms with E-state index in [4.69, 9.17) is 0 Å². The third-order valence-corrected chi connectivity index (χ3v) is 5.08. The van der Waals surface area contributed by atoms with Crippen LogP contribution in [0.4, 0.5) is 0 Å². The molecule has 0 fully saturated rings. The van der Waals surface area contributed by atoms with Crippen molar-refractivity contribution in [2.45, 2.75) is 79.6 Å². The second kappa shape index (κ2) is 7.99. The van der Waals surface area contributed by atoms with Crippen LogP contribution >= 0.6 is 11.3 Å². The second-order valence-electron chi connectivity index (χ2n) is 5.68. The van der Waals surface area contributed by atoms with Crippen molar-refractivity contribution in [1.82, 2.24) is 0 Å². The summed E-state index contributed by atoms with van der Waals surface area (Å²) < 4.78 is 0. The molecule has 0 aliphatic heterocycles. The van der Waals surface area contributed by atoms with Gasteiger partial charge >= 0.3 is 0 Å². The molecule has 1 heteroatoms. The Kier molecular flexibility index (Phi) is 6.99. The third kappa shape index (κ3) is 4.42. The fourth-order valence-electron chi connectivity index (χ4n) is 2.88. The van der Waals surface area contributed by atoms with Crippen LogP contribution in [-0.4, -0.2) is 0 Å². The van der Waals surface area contributed by atoms with E-state index in [1.807, 2.05) is 11.3 Å².